The molecule has 2 aromatic heterocycles. The minimum atomic E-state index is -3.04. The molecule has 0 aliphatic carbocycles. The van der Waals surface area contributed by atoms with E-state index >= 15 is 0 Å². The molecule has 0 aliphatic heterocycles. The van der Waals surface area contributed by atoms with Crippen molar-refractivity contribution in [2.24, 2.45) is 0 Å². The highest BCUT2D eigenvalue weighted by molar-refractivity contribution is 7.85. The van der Waals surface area contributed by atoms with Gasteiger partial charge in [-0.1, -0.05) is 127 Å². The maximum Gasteiger partial charge on any atom is 0.171 e. The van der Waals surface area contributed by atoms with Crippen LogP contribution in [0.4, 0.5) is 0 Å². The summed E-state index contributed by atoms with van der Waals surface area (Å²) in [6.07, 6.45) is 0. The Balaban J connectivity index is 1.28. The summed E-state index contributed by atoms with van der Waals surface area (Å²) in [5.74, 6) is 0. The Morgan fingerprint density at radius 2 is 1.07 bits per heavy atom. The number of hydrogen-bond acceptors (Lipinski definition) is 5. The van der Waals surface area contributed by atoms with E-state index in [9.17, 15) is 4.57 Å². The van der Waals surface area contributed by atoms with Crippen LogP contribution in [0.2, 0.25) is 0 Å². The summed E-state index contributed by atoms with van der Waals surface area (Å²) in [7, 11) is -3.04. The molecular formula is C37H24N3OPS. The monoisotopic (exact) mass is 589 g/mol. The second-order valence-corrected chi connectivity index (χ2v) is 13.8. The third-order valence-electron chi connectivity index (χ3n) is 8.03. The summed E-state index contributed by atoms with van der Waals surface area (Å²) < 4.78 is 24.0. The Kier molecular flexibility index (Phi) is 6.22. The molecule has 0 amide bonds. The van der Waals surface area contributed by atoms with Crippen molar-refractivity contribution in [2.75, 3.05) is 0 Å². The highest BCUT2D eigenvalue weighted by Crippen LogP contribution is 2.43. The van der Waals surface area contributed by atoms with Crippen molar-refractivity contribution in [1.29, 1.82) is 0 Å². The lowest BCUT2D eigenvalue weighted by Gasteiger charge is -2.20. The number of pyridine rings is 1. The van der Waals surface area contributed by atoms with Gasteiger partial charge in [-0.05, 0) is 29.3 Å². The van der Waals surface area contributed by atoms with E-state index in [0.29, 0.717) is 0 Å². The second kappa shape index (κ2) is 10.4. The quantitative estimate of drug-likeness (QED) is 0.150. The van der Waals surface area contributed by atoms with Gasteiger partial charge in [0.05, 0.1) is 22.9 Å². The third kappa shape index (κ3) is 4.28. The van der Waals surface area contributed by atoms with Crippen LogP contribution in [0.15, 0.2) is 146 Å². The summed E-state index contributed by atoms with van der Waals surface area (Å²) >= 11 is 1.23. The van der Waals surface area contributed by atoms with E-state index in [4.69, 9.17) is 4.98 Å². The Labute approximate surface area is 253 Å². The average Bonchev–Trinajstić information content (AvgIpc) is 3.58. The van der Waals surface area contributed by atoms with Crippen LogP contribution in [0, 0.1) is 0 Å². The Bertz CT molecular complexity index is 2260. The van der Waals surface area contributed by atoms with Gasteiger partial charge in [0.2, 0.25) is 0 Å². The SMILES string of the molecule is O=P(c1ccccc1)(c1ccccc1)c1ccc(-c2ccc3c(c2)nc(-c2ccccc2)c2ccc4nsnc4c23)cc1. The molecule has 0 fully saturated rings. The third-order valence-corrected chi connectivity index (χ3v) is 11.7. The van der Waals surface area contributed by atoms with Gasteiger partial charge in [-0.2, -0.15) is 8.75 Å². The fourth-order valence-electron chi connectivity index (χ4n) is 5.92. The van der Waals surface area contributed by atoms with E-state index < -0.39 is 7.14 Å². The molecule has 0 bridgehead atoms. The first-order valence-corrected chi connectivity index (χ1v) is 16.5. The van der Waals surface area contributed by atoms with Gasteiger partial charge in [0.25, 0.3) is 0 Å². The molecule has 0 unspecified atom stereocenters. The van der Waals surface area contributed by atoms with Crippen LogP contribution in [0.1, 0.15) is 0 Å². The van der Waals surface area contributed by atoms with E-state index in [-0.39, 0.29) is 0 Å². The molecule has 6 aromatic carbocycles. The Morgan fingerprint density at radius 3 is 1.74 bits per heavy atom. The zero-order chi connectivity index (χ0) is 28.8. The molecule has 0 atom stereocenters. The normalized spacial score (nSPS) is 11.8. The van der Waals surface area contributed by atoms with Crippen LogP contribution in [0.5, 0.6) is 0 Å². The van der Waals surface area contributed by atoms with Crippen molar-refractivity contribution in [3.05, 3.63) is 146 Å². The zero-order valence-electron chi connectivity index (χ0n) is 23.0. The smallest absolute Gasteiger partial charge is 0.171 e. The van der Waals surface area contributed by atoms with Gasteiger partial charge in [0.15, 0.2) is 7.14 Å². The molecule has 6 heteroatoms. The van der Waals surface area contributed by atoms with Gasteiger partial charge in [0.1, 0.15) is 11.0 Å². The maximum atomic E-state index is 14.8. The minimum absolute atomic E-state index is 0.809. The molecule has 0 aliphatic rings. The first kappa shape index (κ1) is 25.7. The van der Waals surface area contributed by atoms with Crippen molar-refractivity contribution in [1.82, 2.24) is 13.7 Å². The molecule has 204 valence electrons. The summed E-state index contributed by atoms with van der Waals surface area (Å²) in [6.45, 7) is 0. The summed E-state index contributed by atoms with van der Waals surface area (Å²) in [4.78, 5) is 5.20. The predicted molar refractivity (Wildman–Crippen MR) is 180 cm³/mol. The number of benzene rings is 6. The molecule has 2 heterocycles. The van der Waals surface area contributed by atoms with E-state index in [0.717, 1.165) is 71.0 Å². The zero-order valence-corrected chi connectivity index (χ0v) is 24.7. The molecule has 0 saturated heterocycles. The molecule has 4 nitrogen and oxygen atoms in total. The van der Waals surface area contributed by atoms with E-state index in [1.807, 2.05) is 97.1 Å². The largest absolute Gasteiger partial charge is 0.309 e. The minimum Gasteiger partial charge on any atom is -0.309 e. The molecule has 0 radical (unpaired) electrons. The summed E-state index contributed by atoms with van der Waals surface area (Å²) in [6, 6.07) is 48.5. The molecule has 0 spiro atoms. The Morgan fingerprint density at radius 1 is 0.488 bits per heavy atom. The van der Waals surface area contributed by atoms with Crippen LogP contribution in [-0.2, 0) is 4.57 Å². The fourth-order valence-corrected chi connectivity index (χ4v) is 9.11. The number of hydrogen-bond donors (Lipinski definition) is 0. The lowest BCUT2D eigenvalue weighted by Crippen LogP contribution is -2.24. The van der Waals surface area contributed by atoms with Crippen molar-refractivity contribution in [2.45, 2.75) is 0 Å². The van der Waals surface area contributed by atoms with E-state index in [2.05, 4.69) is 57.3 Å². The first-order chi connectivity index (χ1) is 21.2. The molecule has 43 heavy (non-hydrogen) atoms. The number of nitrogens with zero attached hydrogens (tertiary/aromatic N) is 3. The number of rotatable bonds is 5. The van der Waals surface area contributed by atoms with Gasteiger partial charge in [-0.25, -0.2) is 4.98 Å². The van der Waals surface area contributed by atoms with E-state index in [1.54, 1.807) is 0 Å². The molecule has 0 N–H and O–H groups in total. The maximum absolute atomic E-state index is 14.8. The second-order valence-electron chi connectivity index (χ2n) is 10.5. The summed E-state index contributed by atoms with van der Waals surface area (Å²) in [5.41, 5.74) is 6.76. The molecular weight excluding hydrogens is 565 g/mol. The average molecular weight is 590 g/mol. The molecule has 8 aromatic rings. The van der Waals surface area contributed by atoms with Crippen molar-refractivity contribution in [3.63, 3.8) is 0 Å². The van der Waals surface area contributed by atoms with Crippen LogP contribution in [0.3, 0.4) is 0 Å². The lowest BCUT2D eigenvalue weighted by atomic mass is 9.97. The number of aromatic nitrogens is 3. The van der Waals surface area contributed by atoms with Gasteiger partial charge in [-0.15, -0.1) is 0 Å². The first-order valence-electron chi connectivity index (χ1n) is 14.1. The Hall–Kier alpha value is -4.96. The van der Waals surface area contributed by atoms with Crippen LogP contribution >= 0.6 is 18.9 Å². The van der Waals surface area contributed by atoms with Gasteiger partial charge < -0.3 is 4.57 Å². The van der Waals surface area contributed by atoms with Crippen LogP contribution in [-0.4, -0.2) is 13.7 Å². The highest BCUT2D eigenvalue weighted by Gasteiger charge is 2.29. The number of fused-ring (bicyclic) bond motifs is 5. The van der Waals surface area contributed by atoms with Gasteiger partial charge in [-0.3, -0.25) is 0 Å². The van der Waals surface area contributed by atoms with Crippen molar-refractivity contribution < 1.29 is 4.57 Å². The van der Waals surface area contributed by atoms with Crippen molar-refractivity contribution >= 4 is 67.5 Å². The predicted octanol–water partition coefficient (Wildman–Crippen LogP) is 8.37. The highest BCUT2D eigenvalue weighted by atomic mass is 32.1. The van der Waals surface area contributed by atoms with Crippen LogP contribution < -0.4 is 15.9 Å². The standard InChI is InChI=1S/C37H24N3OPS/c41-42(28-12-6-2-7-13-28,29-14-8-3-9-15-29)30-19-16-25(17-20-30)27-18-21-31-34(24-27)38-36(26-10-4-1-5-11-26)32-22-23-33-37(35(31)32)40-43-39-33/h1-24H. The van der Waals surface area contributed by atoms with Gasteiger partial charge in [0, 0.05) is 37.6 Å². The topological polar surface area (TPSA) is 55.7 Å². The molecule has 0 saturated carbocycles. The van der Waals surface area contributed by atoms with Crippen molar-refractivity contribution in [3.8, 4) is 22.4 Å². The lowest BCUT2D eigenvalue weighted by molar-refractivity contribution is 0.592. The summed E-state index contributed by atoms with van der Waals surface area (Å²) in [5, 5.41) is 5.64. The van der Waals surface area contributed by atoms with Gasteiger partial charge >= 0.3 is 0 Å². The molecule has 8 rings (SSSR count). The van der Waals surface area contributed by atoms with E-state index in [1.165, 1.54) is 11.7 Å². The van der Waals surface area contributed by atoms with Crippen LogP contribution in [0.25, 0.3) is 55.1 Å². The fraction of sp³-hybridized carbons (Fsp3) is 0.